The van der Waals surface area contributed by atoms with Crippen LogP contribution in [0.5, 0.6) is 0 Å². The second-order valence-electron chi connectivity index (χ2n) is 4.63. The van der Waals surface area contributed by atoms with Crippen molar-refractivity contribution in [2.75, 3.05) is 4.90 Å². The lowest BCUT2D eigenvalue weighted by atomic mass is 10.1. The van der Waals surface area contributed by atoms with Crippen LogP contribution in [0, 0.1) is 6.92 Å². The van der Waals surface area contributed by atoms with E-state index in [-0.39, 0.29) is 0 Å². The summed E-state index contributed by atoms with van der Waals surface area (Å²) in [6, 6.07) is 12.5. The number of pyridine rings is 1. The highest BCUT2D eigenvalue weighted by Crippen LogP contribution is 2.29. The van der Waals surface area contributed by atoms with Gasteiger partial charge in [0, 0.05) is 6.21 Å². The van der Waals surface area contributed by atoms with Gasteiger partial charge in [-0.05, 0) is 30.7 Å². The van der Waals surface area contributed by atoms with Crippen molar-refractivity contribution in [1.82, 2.24) is 0 Å². The average molecular weight is 250 g/mol. The molecule has 0 atom stereocenters. The monoisotopic (exact) mass is 250 g/mol. The van der Waals surface area contributed by atoms with Crippen LogP contribution in [0.2, 0.25) is 0 Å². The number of aromatic nitrogens is 1. The Morgan fingerprint density at radius 1 is 1.11 bits per heavy atom. The second kappa shape index (κ2) is 4.69. The molecule has 0 N–H and O–H groups in total. The zero-order chi connectivity index (χ0) is 13.2. The van der Waals surface area contributed by atoms with E-state index in [2.05, 4.69) is 65.0 Å². The maximum absolute atomic E-state index is 4.30. The number of hydrogen-bond acceptors (Lipinski definition) is 2. The summed E-state index contributed by atoms with van der Waals surface area (Å²) in [4.78, 5) is 6.48. The third kappa shape index (κ3) is 2.03. The highest BCUT2D eigenvalue weighted by atomic mass is 15.2. The Morgan fingerprint density at radius 3 is 2.79 bits per heavy atom. The quantitative estimate of drug-likeness (QED) is 0.712. The van der Waals surface area contributed by atoms with Crippen LogP contribution in [-0.4, -0.2) is 6.21 Å². The van der Waals surface area contributed by atoms with Crippen molar-refractivity contribution in [3.63, 3.8) is 0 Å². The van der Waals surface area contributed by atoms with Crippen molar-refractivity contribution in [3.05, 3.63) is 66.1 Å². The highest BCUT2D eigenvalue weighted by molar-refractivity contribution is 5.89. The SMILES string of the molecule is Cc1ccccc1N1C=CN=Cc2ccc[n+](C)c21. The van der Waals surface area contributed by atoms with E-state index in [0.29, 0.717) is 0 Å². The zero-order valence-electron chi connectivity index (χ0n) is 11.1. The number of aliphatic imine (C=N–C) groups is 1. The lowest BCUT2D eigenvalue weighted by molar-refractivity contribution is -0.658. The molecule has 0 unspecified atom stereocenters. The molecule has 1 aromatic carbocycles. The van der Waals surface area contributed by atoms with Gasteiger partial charge in [0.15, 0.2) is 0 Å². The van der Waals surface area contributed by atoms with E-state index in [0.717, 1.165) is 11.4 Å². The molecule has 1 aliphatic heterocycles. The summed E-state index contributed by atoms with van der Waals surface area (Å²) >= 11 is 0. The molecule has 3 rings (SSSR count). The summed E-state index contributed by atoms with van der Waals surface area (Å²) in [5, 5.41) is 0. The first-order chi connectivity index (χ1) is 9.27. The van der Waals surface area contributed by atoms with Gasteiger partial charge in [0.05, 0.1) is 25.0 Å². The lowest BCUT2D eigenvalue weighted by Gasteiger charge is -2.16. The molecule has 0 saturated heterocycles. The third-order valence-corrected chi connectivity index (χ3v) is 3.30. The van der Waals surface area contributed by atoms with Crippen molar-refractivity contribution >= 4 is 17.7 Å². The molecular formula is C16H16N3+. The molecule has 0 aliphatic carbocycles. The predicted octanol–water partition coefficient (Wildman–Crippen LogP) is 2.86. The Kier molecular flexibility index (Phi) is 2.88. The number of fused-ring (bicyclic) bond motifs is 1. The molecule has 1 aromatic heterocycles. The van der Waals surface area contributed by atoms with Crippen molar-refractivity contribution in [2.45, 2.75) is 6.92 Å². The fourth-order valence-electron chi connectivity index (χ4n) is 2.36. The summed E-state index contributed by atoms with van der Waals surface area (Å²) < 4.78 is 2.11. The molecule has 0 amide bonds. The molecule has 0 fully saturated rings. The maximum Gasteiger partial charge on any atom is 0.295 e. The molecular weight excluding hydrogens is 234 g/mol. The minimum Gasteiger partial charge on any atom is -0.260 e. The molecule has 0 saturated carbocycles. The highest BCUT2D eigenvalue weighted by Gasteiger charge is 2.24. The first-order valence-corrected chi connectivity index (χ1v) is 6.31. The van der Waals surface area contributed by atoms with E-state index in [9.17, 15) is 0 Å². The number of nitrogens with zero attached hydrogens (tertiary/aromatic N) is 3. The molecule has 3 heteroatoms. The summed E-state index contributed by atoms with van der Waals surface area (Å²) in [6.45, 7) is 2.12. The van der Waals surface area contributed by atoms with Crippen LogP contribution in [0.1, 0.15) is 11.1 Å². The van der Waals surface area contributed by atoms with Crippen LogP contribution in [0.4, 0.5) is 11.5 Å². The van der Waals surface area contributed by atoms with Crippen molar-refractivity contribution < 1.29 is 4.57 Å². The third-order valence-electron chi connectivity index (χ3n) is 3.30. The Balaban J connectivity index is 2.23. The fraction of sp³-hybridized carbons (Fsp3) is 0.125. The standard InChI is InChI=1S/C16H16N3/c1-13-6-3-4-8-15(13)19-11-9-17-12-14-7-5-10-18(2)16(14)19/h3-12H,1-2H3/q+1. The number of anilines is 2. The molecule has 19 heavy (non-hydrogen) atoms. The molecule has 2 aromatic rings. The van der Waals surface area contributed by atoms with Crippen LogP contribution in [0.3, 0.4) is 0 Å². The van der Waals surface area contributed by atoms with Gasteiger partial charge in [-0.3, -0.25) is 4.99 Å². The Morgan fingerprint density at radius 2 is 1.95 bits per heavy atom. The molecule has 2 heterocycles. The second-order valence-corrected chi connectivity index (χ2v) is 4.63. The van der Waals surface area contributed by atoms with Gasteiger partial charge in [0.2, 0.25) is 0 Å². The topological polar surface area (TPSA) is 19.5 Å². The molecule has 0 bridgehead atoms. The van der Waals surface area contributed by atoms with E-state index in [1.807, 2.05) is 24.7 Å². The molecule has 3 nitrogen and oxygen atoms in total. The van der Waals surface area contributed by atoms with Gasteiger partial charge < -0.3 is 0 Å². The van der Waals surface area contributed by atoms with Gasteiger partial charge in [-0.1, -0.05) is 18.2 Å². The first kappa shape index (κ1) is 11.7. The summed E-state index contributed by atoms with van der Waals surface area (Å²) in [5.74, 6) is 1.12. The molecule has 1 aliphatic rings. The normalized spacial score (nSPS) is 13.3. The van der Waals surface area contributed by atoms with E-state index < -0.39 is 0 Å². The predicted molar refractivity (Wildman–Crippen MR) is 77.7 cm³/mol. The smallest absolute Gasteiger partial charge is 0.260 e. The van der Waals surface area contributed by atoms with E-state index in [1.165, 1.54) is 11.3 Å². The minimum absolute atomic E-state index is 1.11. The van der Waals surface area contributed by atoms with E-state index in [1.54, 1.807) is 0 Å². The van der Waals surface area contributed by atoms with E-state index in [4.69, 9.17) is 0 Å². The van der Waals surface area contributed by atoms with Crippen molar-refractivity contribution in [1.29, 1.82) is 0 Å². The summed E-state index contributed by atoms with van der Waals surface area (Å²) in [6.07, 6.45) is 7.78. The number of para-hydroxylation sites is 1. The van der Waals surface area contributed by atoms with Crippen molar-refractivity contribution in [3.8, 4) is 0 Å². The zero-order valence-corrected chi connectivity index (χ0v) is 11.1. The molecule has 94 valence electrons. The fourth-order valence-corrected chi connectivity index (χ4v) is 2.36. The van der Waals surface area contributed by atoms with Gasteiger partial charge in [0.1, 0.15) is 11.9 Å². The maximum atomic E-state index is 4.30. The number of benzene rings is 1. The van der Waals surface area contributed by atoms with Crippen LogP contribution < -0.4 is 9.47 Å². The molecule has 0 radical (unpaired) electrons. The van der Waals surface area contributed by atoms with Crippen LogP contribution in [-0.2, 0) is 7.05 Å². The van der Waals surface area contributed by atoms with Gasteiger partial charge in [-0.25, -0.2) is 4.57 Å². The minimum atomic E-state index is 1.11. The number of hydrogen-bond donors (Lipinski definition) is 0. The Hall–Kier alpha value is -2.42. The van der Waals surface area contributed by atoms with Crippen LogP contribution >= 0.6 is 0 Å². The molecule has 0 spiro atoms. The van der Waals surface area contributed by atoms with Crippen molar-refractivity contribution in [2.24, 2.45) is 12.0 Å². The largest absolute Gasteiger partial charge is 0.295 e. The van der Waals surface area contributed by atoms with E-state index >= 15 is 0 Å². The Labute approximate surface area is 113 Å². The lowest BCUT2D eigenvalue weighted by Crippen LogP contribution is -2.36. The first-order valence-electron chi connectivity index (χ1n) is 6.31. The number of aryl methyl sites for hydroxylation is 2. The average Bonchev–Trinajstić information content (AvgIpc) is 2.63. The Bertz CT molecular complexity index is 671. The van der Waals surface area contributed by atoms with Gasteiger partial charge in [-0.2, -0.15) is 4.90 Å². The van der Waals surface area contributed by atoms with Crippen LogP contribution in [0.15, 0.2) is 60.0 Å². The van der Waals surface area contributed by atoms with Gasteiger partial charge >= 0.3 is 0 Å². The van der Waals surface area contributed by atoms with Gasteiger partial charge in [-0.15, -0.1) is 0 Å². The number of rotatable bonds is 1. The summed E-state index contributed by atoms with van der Waals surface area (Å²) in [5.41, 5.74) is 3.52. The summed E-state index contributed by atoms with van der Waals surface area (Å²) in [7, 11) is 2.05. The van der Waals surface area contributed by atoms with Crippen LogP contribution in [0.25, 0.3) is 0 Å². The van der Waals surface area contributed by atoms with Gasteiger partial charge in [0.25, 0.3) is 5.82 Å².